The van der Waals surface area contributed by atoms with Gasteiger partial charge in [-0.3, -0.25) is 9.59 Å². The van der Waals surface area contributed by atoms with E-state index < -0.39 is 5.41 Å². The Balaban J connectivity index is 4.29. The molecule has 88 valence electrons. The Morgan fingerprint density at radius 3 is 1.53 bits per heavy atom. The topological polar surface area (TPSA) is 74.6 Å². The van der Waals surface area contributed by atoms with Gasteiger partial charge < -0.3 is 10.2 Å². The van der Waals surface area contributed by atoms with Gasteiger partial charge in [0.15, 0.2) is 10.2 Å². The molecule has 0 amide bonds. The van der Waals surface area contributed by atoms with Crippen LogP contribution >= 0.6 is 23.5 Å². The van der Waals surface area contributed by atoms with E-state index in [1.165, 1.54) is 13.8 Å². The zero-order valence-electron chi connectivity index (χ0n) is 8.86. The Morgan fingerprint density at radius 2 is 1.33 bits per heavy atom. The van der Waals surface area contributed by atoms with E-state index in [2.05, 4.69) is 0 Å². The van der Waals surface area contributed by atoms with Crippen molar-refractivity contribution in [2.24, 2.45) is 5.41 Å². The fourth-order valence-electron chi connectivity index (χ4n) is 0.784. The first kappa shape index (κ1) is 15.0. The molecule has 15 heavy (non-hydrogen) atoms. The van der Waals surface area contributed by atoms with Crippen molar-refractivity contribution in [3.63, 3.8) is 0 Å². The summed E-state index contributed by atoms with van der Waals surface area (Å²) in [4.78, 5) is 21.6. The number of aliphatic hydroxyl groups excluding tert-OH is 2. The standard InChI is InChI=1S/C9H16O4S2/c1-7(12)14-5-9(3-10,4-11)6-15-8(2)13/h10-11H,3-6H2,1-2H3. The second-order valence-corrected chi connectivity index (χ2v) is 5.68. The van der Waals surface area contributed by atoms with E-state index in [1.54, 1.807) is 0 Å². The number of carbonyl (C=O) groups is 2. The number of hydrogen-bond donors (Lipinski definition) is 2. The van der Waals surface area contributed by atoms with Gasteiger partial charge in [0.2, 0.25) is 0 Å². The van der Waals surface area contributed by atoms with E-state index in [0.717, 1.165) is 23.5 Å². The van der Waals surface area contributed by atoms with E-state index in [9.17, 15) is 19.8 Å². The van der Waals surface area contributed by atoms with Crippen molar-refractivity contribution in [1.82, 2.24) is 0 Å². The van der Waals surface area contributed by atoms with Crippen LogP contribution in [-0.2, 0) is 9.59 Å². The Bertz CT molecular complexity index is 206. The van der Waals surface area contributed by atoms with Crippen molar-refractivity contribution in [3.8, 4) is 0 Å². The summed E-state index contributed by atoms with van der Waals surface area (Å²) in [7, 11) is 0. The van der Waals surface area contributed by atoms with E-state index in [1.807, 2.05) is 0 Å². The molecule has 4 nitrogen and oxygen atoms in total. The minimum atomic E-state index is -0.757. The molecular formula is C9H16O4S2. The van der Waals surface area contributed by atoms with Gasteiger partial charge in [-0.05, 0) is 0 Å². The van der Waals surface area contributed by atoms with Gasteiger partial charge in [-0.2, -0.15) is 0 Å². The molecule has 0 bridgehead atoms. The van der Waals surface area contributed by atoms with E-state index in [4.69, 9.17) is 0 Å². The van der Waals surface area contributed by atoms with Crippen molar-refractivity contribution in [1.29, 1.82) is 0 Å². The van der Waals surface area contributed by atoms with Crippen LogP contribution in [0.1, 0.15) is 13.8 Å². The molecule has 0 aromatic rings. The first-order valence-corrected chi connectivity index (χ1v) is 6.41. The molecular weight excluding hydrogens is 236 g/mol. The lowest BCUT2D eigenvalue weighted by atomic mass is 9.96. The average molecular weight is 252 g/mol. The largest absolute Gasteiger partial charge is 0.396 e. The zero-order chi connectivity index (χ0) is 11.9. The van der Waals surface area contributed by atoms with Crippen LogP contribution in [0.4, 0.5) is 0 Å². The van der Waals surface area contributed by atoms with Crippen molar-refractivity contribution in [3.05, 3.63) is 0 Å². The molecule has 0 aliphatic rings. The molecule has 0 atom stereocenters. The molecule has 0 heterocycles. The van der Waals surface area contributed by atoms with Crippen LogP contribution in [0.5, 0.6) is 0 Å². The number of hydrogen-bond acceptors (Lipinski definition) is 6. The van der Waals surface area contributed by atoms with Gasteiger partial charge in [-0.25, -0.2) is 0 Å². The van der Waals surface area contributed by atoms with Gasteiger partial charge >= 0.3 is 0 Å². The summed E-state index contributed by atoms with van der Waals surface area (Å²) in [6.45, 7) is 2.40. The Kier molecular flexibility index (Phi) is 7.25. The third-order valence-electron chi connectivity index (χ3n) is 1.83. The molecule has 0 rings (SSSR count). The lowest BCUT2D eigenvalue weighted by molar-refractivity contribution is -0.109. The number of carbonyl (C=O) groups excluding carboxylic acids is 2. The van der Waals surface area contributed by atoms with Gasteiger partial charge in [0.05, 0.1) is 13.2 Å². The molecule has 0 unspecified atom stereocenters. The zero-order valence-corrected chi connectivity index (χ0v) is 10.5. The number of rotatable bonds is 6. The Hall–Kier alpha value is -0.0400. The minimum Gasteiger partial charge on any atom is -0.396 e. The molecule has 0 saturated heterocycles. The molecule has 0 aromatic heterocycles. The van der Waals surface area contributed by atoms with E-state index >= 15 is 0 Å². The van der Waals surface area contributed by atoms with Gasteiger partial charge in [0, 0.05) is 30.8 Å². The van der Waals surface area contributed by atoms with Gasteiger partial charge in [-0.1, -0.05) is 23.5 Å². The molecule has 0 saturated carbocycles. The molecule has 0 aliphatic carbocycles. The maximum absolute atomic E-state index is 10.8. The Labute approximate surface area is 97.8 Å². The SMILES string of the molecule is CC(=O)SCC(CO)(CO)CSC(C)=O. The first-order valence-electron chi connectivity index (χ1n) is 4.44. The Morgan fingerprint density at radius 1 is 1.00 bits per heavy atom. The average Bonchev–Trinajstić information content (AvgIpc) is 2.19. The fraction of sp³-hybridized carbons (Fsp3) is 0.778. The highest BCUT2D eigenvalue weighted by Crippen LogP contribution is 2.27. The number of aliphatic hydroxyl groups is 2. The number of thioether (sulfide) groups is 2. The lowest BCUT2D eigenvalue weighted by Gasteiger charge is -2.27. The highest BCUT2D eigenvalue weighted by molar-refractivity contribution is 8.14. The van der Waals surface area contributed by atoms with Crippen LogP contribution < -0.4 is 0 Å². The predicted molar refractivity (Wildman–Crippen MR) is 62.9 cm³/mol. The van der Waals surface area contributed by atoms with Gasteiger partial charge in [0.25, 0.3) is 0 Å². The van der Waals surface area contributed by atoms with Crippen LogP contribution in [0.3, 0.4) is 0 Å². The maximum Gasteiger partial charge on any atom is 0.185 e. The first-order chi connectivity index (χ1) is 6.95. The predicted octanol–water partition coefficient (Wildman–Crippen LogP) is 0.517. The molecule has 0 radical (unpaired) electrons. The molecule has 0 fully saturated rings. The van der Waals surface area contributed by atoms with Crippen molar-refractivity contribution in [2.75, 3.05) is 24.7 Å². The third kappa shape index (κ3) is 6.19. The minimum absolute atomic E-state index is 0.0610. The second kappa shape index (κ2) is 7.27. The lowest BCUT2D eigenvalue weighted by Crippen LogP contribution is -2.36. The van der Waals surface area contributed by atoms with Crippen molar-refractivity contribution in [2.45, 2.75) is 13.8 Å². The van der Waals surface area contributed by atoms with Crippen molar-refractivity contribution >= 4 is 33.8 Å². The monoisotopic (exact) mass is 252 g/mol. The fourth-order valence-corrected chi connectivity index (χ4v) is 2.50. The quantitative estimate of drug-likeness (QED) is 0.718. The molecule has 6 heteroatoms. The van der Waals surface area contributed by atoms with Crippen LogP contribution in [0.2, 0.25) is 0 Å². The second-order valence-electron chi connectivity index (χ2n) is 3.38. The highest BCUT2D eigenvalue weighted by atomic mass is 32.2. The summed E-state index contributed by atoms with van der Waals surface area (Å²) in [5.74, 6) is 0.658. The maximum atomic E-state index is 10.8. The molecule has 0 aromatic carbocycles. The molecule has 0 spiro atoms. The van der Waals surface area contributed by atoms with Gasteiger partial charge in [0.1, 0.15) is 0 Å². The van der Waals surface area contributed by atoms with Gasteiger partial charge in [-0.15, -0.1) is 0 Å². The summed E-state index contributed by atoms with van der Waals surface area (Å²) >= 11 is 2.11. The van der Waals surface area contributed by atoms with E-state index in [-0.39, 0.29) is 23.4 Å². The summed E-state index contributed by atoms with van der Waals surface area (Å²) in [6, 6.07) is 0. The van der Waals surface area contributed by atoms with Crippen LogP contribution in [0, 0.1) is 5.41 Å². The molecule has 2 N–H and O–H groups in total. The van der Waals surface area contributed by atoms with E-state index in [0.29, 0.717) is 11.5 Å². The molecule has 0 aliphatic heterocycles. The third-order valence-corrected chi connectivity index (χ3v) is 4.16. The summed E-state index contributed by atoms with van der Waals surface area (Å²) in [6.07, 6.45) is 0. The highest BCUT2D eigenvalue weighted by Gasteiger charge is 2.30. The summed E-state index contributed by atoms with van der Waals surface area (Å²) in [5, 5.41) is 18.3. The smallest absolute Gasteiger partial charge is 0.185 e. The normalized spacial score (nSPS) is 11.5. The van der Waals surface area contributed by atoms with Crippen molar-refractivity contribution < 1.29 is 19.8 Å². The van der Waals surface area contributed by atoms with Crippen LogP contribution in [0.25, 0.3) is 0 Å². The summed E-state index contributed by atoms with van der Waals surface area (Å²) < 4.78 is 0. The van der Waals surface area contributed by atoms with Crippen LogP contribution in [-0.4, -0.2) is 45.2 Å². The van der Waals surface area contributed by atoms with Crippen LogP contribution in [0.15, 0.2) is 0 Å². The summed E-state index contributed by atoms with van der Waals surface area (Å²) in [5.41, 5.74) is -0.757.